The van der Waals surface area contributed by atoms with Gasteiger partial charge in [0, 0.05) is 42.6 Å². The van der Waals surface area contributed by atoms with E-state index in [1.54, 1.807) is 24.4 Å². The van der Waals surface area contributed by atoms with Crippen LogP contribution in [0.1, 0.15) is 11.1 Å². The van der Waals surface area contributed by atoms with Crippen LogP contribution in [0.4, 0.5) is 13.2 Å². The summed E-state index contributed by atoms with van der Waals surface area (Å²) >= 11 is 0. The first-order valence-electron chi connectivity index (χ1n) is 10.3. The van der Waals surface area contributed by atoms with Crippen molar-refractivity contribution in [3.8, 4) is 23.0 Å². The van der Waals surface area contributed by atoms with Gasteiger partial charge in [0.1, 0.15) is 34.7 Å². The molecule has 0 spiro atoms. The van der Waals surface area contributed by atoms with Crippen molar-refractivity contribution in [2.45, 2.75) is 12.8 Å². The molecule has 0 N–H and O–H groups in total. The van der Waals surface area contributed by atoms with Crippen LogP contribution in [0.3, 0.4) is 0 Å². The van der Waals surface area contributed by atoms with Crippen LogP contribution in [-0.2, 0) is 17.6 Å². The maximum atomic E-state index is 14.7. The molecule has 0 aliphatic heterocycles. The summed E-state index contributed by atoms with van der Waals surface area (Å²) in [6.07, 6.45) is 1.05. The molecule has 0 amide bonds. The Labute approximate surface area is 193 Å². The van der Waals surface area contributed by atoms with Crippen molar-refractivity contribution in [2.75, 3.05) is 14.2 Å². The lowest BCUT2D eigenvalue weighted by molar-refractivity contribution is -0.117. The van der Waals surface area contributed by atoms with E-state index in [0.29, 0.717) is 34.2 Å². The van der Waals surface area contributed by atoms with Crippen LogP contribution in [0.15, 0.2) is 60.8 Å². The number of benzene rings is 3. The highest BCUT2D eigenvalue weighted by Crippen LogP contribution is 2.37. The molecular formula is C26H20F3NO4. The van der Waals surface area contributed by atoms with Gasteiger partial charge in [-0.25, -0.2) is 13.2 Å². The molecule has 5 nitrogen and oxygen atoms in total. The molecule has 4 rings (SSSR count). The van der Waals surface area contributed by atoms with Crippen LogP contribution in [0, 0.1) is 17.5 Å². The molecule has 0 saturated carbocycles. The van der Waals surface area contributed by atoms with Gasteiger partial charge in [0.25, 0.3) is 0 Å². The zero-order chi connectivity index (χ0) is 24.2. The van der Waals surface area contributed by atoms with Crippen molar-refractivity contribution in [3.05, 3.63) is 89.4 Å². The molecule has 174 valence electrons. The van der Waals surface area contributed by atoms with E-state index in [2.05, 4.69) is 4.98 Å². The molecule has 8 heteroatoms. The highest BCUT2D eigenvalue weighted by Gasteiger charge is 2.15. The summed E-state index contributed by atoms with van der Waals surface area (Å²) in [6, 6.07) is 12.2. The normalized spacial score (nSPS) is 10.9. The number of ketones is 1. The minimum Gasteiger partial charge on any atom is -0.493 e. The SMILES string of the molecule is COc1cc2nccc(Oc3ccc(CC(=O)Cc4ccc(F)cc4F)c(F)c3)c2cc1OC. The summed E-state index contributed by atoms with van der Waals surface area (Å²) in [6.45, 7) is 0. The van der Waals surface area contributed by atoms with Crippen molar-refractivity contribution in [1.29, 1.82) is 0 Å². The number of hydrogen-bond acceptors (Lipinski definition) is 5. The van der Waals surface area contributed by atoms with Crippen LogP contribution in [0.25, 0.3) is 10.9 Å². The number of ether oxygens (including phenoxy) is 3. The van der Waals surface area contributed by atoms with Crippen LogP contribution in [0.2, 0.25) is 0 Å². The lowest BCUT2D eigenvalue weighted by Gasteiger charge is -2.13. The monoisotopic (exact) mass is 467 g/mol. The minimum absolute atomic E-state index is 0.0587. The van der Waals surface area contributed by atoms with Gasteiger partial charge in [0.2, 0.25) is 0 Å². The lowest BCUT2D eigenvalue weighted by Crippen LogP contribution is -2.09. The van der Waals surface area contributed by atoms with Gasteiger partial charge in [-0.1, -0.05) is 12.1 Å². The van der Waals surface area contributed by atoms with E-state index < -0.39 is 23.2 Å². The van der Waals surface area contributed by atoms with Gasteiger partial charge in [0.05, 0.1) is 19.7 Å². The molecule has 0 saturated heterocycles. The maximum absolute atomic E-state index is 14.7. The second kappa shape index (κ2) is 9.82. The predicted octanol–water partition coefficient (Wildman–Crippen LogP) is 5.82. The number of Topliss-reactive ketones (excluding diaryl/α,β-unsaturated/α-hetero) is 1. The molecule has 0 bridgehead atoms. The van der Waals surface area contributed by atoms with Gasteiger partial charge in [-0.15, -0.1) is 0 Å². The molecular weight excluding hydrogens is 447 g/mol. The maximum Gasteiger partial charge on any atom is 0.162 e. The Balaban J connectivity index is 1.52. The Bertz CT molecular complexity index is 1370. The standard InChI is InChI=1S/C26H20F3NO4/c1-32-25-13-20-23(14-26(25)33-2)30-8-7-24(20)34-19-6-4-16(22(29)12-19)10-18(31)9-15-3-5-17(27)11-21(15)28/h3-8,11-14H,9-10H2,1-2H3. The zero-order valence-corrected chi connectivity index (χ0v) is 18.4. The fourth-order valence-corrected chi connectivity index (χ4v) is 3.55. The minimum atomic E-state index is -0.809. The predicted molar refractivity (Wildman–Crippen MR) is 120 cm³/mol. The third-order valence-corrected chi connectivity index (χ3v) is 5.25. The number of methoxy groups -OCH3 is 2. The Morgan fingerprint density at radius 2 is 1.44 bits per heavy atom. The fourth-order valence-electron chi connectivity index (χ4n) is 3.55. The van der Waals surface area contributed by atoms with E-state index in [4.69, 9.17) is 14.2 Å². The molecule has 1 heterocycles. The quantitative estimate of drug-likeness (QED) is 0.327. The third kappa shape index (κ3) is 4.96. The van der Waals surface area contributed by atoms with Gasteiger partial charge >= 0.3 is 0 Å². The summed E-state index contributed by atoms with van der Waals surface area (Å²) in [5.74, 6) is -0.916. The van der Waals surface area contributed by atoms with Crippen LogP contribution >= 0.6 is 0 Å². The van der Waals surface area contributed by atoms with Crippen molar-refractivity contribution in [2.24, 2.45) is 0 Å². The summed E-state index contributed by atoms with van der Waals surface area (Å²) in [7, 11) is 3.04. The Morgan fingerprint density at radius 3 is 2.09 bits per heavy atom. The lowest BCUT2D eigenvalue weighted by atomic mass is 10.0. The molecule has 0 atom stereocenters. The second-order valence-electron chi connectivity index (χ2n) is 7.52. The first-order valence-corrected chi connectivity index (χ1v) is 10.3. The Hall–Kier alpha value is -4.07. The first kappa shape index (κ1) is 23.1. The van der Waals surface area contributed by atoms with Crippen molar-refractivity contribution < 1.29 is 32.2 Å². The summed E-state index contributed by atoms with van der Waals surface area (Å²) in [5, 5.41) is 0.640. The number of hydrogen-bond donors (Lipinski definition) is 0. The number of fused-ring (bicyclic) bond motifs is 1. The van der Waals surface area contributed by atoms with Crippen molar-refractivity contribution in [1.82, 2.24) is 4.98 Å². The van der Waals surface area contributed by atoms with Crippen molar-refractivity contribution >= 4 is 16.7 Å². The first-order chi connectivity index (χ1) is 16.4. The highest BCUT2D eigenvalue weighted by atomic mass is 19.1. The van der Waals surface area contributed by atoms with Gasteiger partial charge in [-0.3, -0.25) is 9.78 Å². The van der Waals surface area contributed by atoms with E-state index in [0.717, 1.165) is 6.07 Å². The molecule has 0 radical (unpaired) electrons. The van der Waals surface area contributed by atoms with Gasteiger partial charge < -0.3 is 14.2 Å². The largest absolute Gasteiger partial charge is 0.493 e. The molecule has 3 aromatic carbocycles. The number of pyridine rings is 1. The van der Waals surface area contributed by atoms with Gasteiger partial charge in [-0.05, 0) is 35.4 Å². The van der Waals surface area contributed by atoms with Crippen LogP contribution < -0.4 is 14.2 Å². The van der Waals surface area contributed by atoms with E-state index >= 15 is 0 Å². The molecule has 0 aliphatic rings. The highest BCUT2D eigenvalue weighted by molar-refractivity contribution is 5.88. The number of nitrogens with zero attached hydrogens (tertiary/aromatic N) is 1. The smallest absolute Gasteiger partial charge is 0.162 e. The van der Waals surface area contributed by atoms with Crippen LogP contribution in [0.5, 0.6) is 23.0 Å². The molecule has 0 fully saturated rings. The average Bonchev–Trinajstić information content (AvgIpc) is 2.82. The van der Waals surface area contributed by atoms with Crippen LogP contribution in [-0.4, -0.2) is 25.0 Å². The van der Waals surface area contributed by atoms with Crippen molar-refractivity contribution in [3.63, 3.8) is 0 Å². The molecule has 4 aromatic rings. The Morgan fingerprint density at radius 1 is 0.794 bits per heavy atom. The number of aromatic nitrogens is 1. The van der Waals surface area contributed by atoms with Gasteiger partial charge in [0.15, 0.2) is 11.5 Å². The van der Waals surface area contributed by atoms with E-state index in [-0.39, 0.29) is 29.7 Å². The second-order valence-corrected chi connectivity index (χ2v) is 7.52. The molecule has 34 heavy (non-hydrogen) atoms. The molecule has 0 aliphatic carbocycles. The summed E-state index contributed by atoms with van der Waals surface area (Å²) in [4.78, 5) is 16.6. The molecule has 0 unspecified atom stereocenters. The van der Waals surface area contributed by atoms with E-state index in [9.17, 15) is 18.0 Å². The zero-order valence-electron chi connectivity index (χ0n) is 18.4. The fraction of sp³-hybridized carbons (Fsp3) is 0.154. The van der Waals surface area contributed by atoms with E-state index in [1.807, 2.05) is 0 Å². The average molecular weight is 467 g/mol. The number of carbonyl (C=O) groups is 1. The summed E-state index contributed by atoms with van der Waals surface area (Å²) in [5.41, 5.74) is 0.806. The summed E-state index contributed by atoms with van der Waals surface area (Å²) < 4.78 is 58.0. The number of rotatable bonds is 8. The topological polar surface area (TPSA) is 57.7 Å². The third-order valence-electron chi connectivity index (χ3n) is 5.25. The molecule has 1 aromatic heterocycles. The van der Waals surface area contributed by atoms with E-state index in [1.165, 1.54) is 38.5 Å². The Kier molecular flexibility index (Phi) is 6.67. The van der Waals surface area contributed by atoms with Gasteiger partial charge in [-0.2, -0.15) is 0 Å². The number of carbonyl (C=O) groups excluding carboxylic acids is 1. The number of halogens is 3.